The number of hydrogen-bond acceptors (Lipinski definition) is 4. The molecule has 0 spiro atoms. The molecule has 0 aromatic heterocycles. The molecule has 5 heteroatoms. The molecule has 0 aliphatic carbocycles. The Hall–Kier alpha value is -0.130. The fourth-order valence-corrected chi connectivity index (χ4v) is 4.33. The van der Waals surface area contributed by atoms with Crippen LogP contribution >= 0.6 is 0 Å². The summed E-state index contributed by atoms with van der Waals surface area (Å²) in [6.45, 7) is 9.71. The highest BCUT2D eigenvalue weighted by Gasteiger charge is 2.31. The first kappa shape index (κ1) is 15.9. The molecule has 18 heavy (non-hydrogen) atoms. The zero-order chi connectivity index (χ0) is 13.8. The summed E-state index contributed by atoms with van der Waals surface area (Å²) in [5, 5.41) is 3.28. The first-order chi connectivity index (χ1) is 8.24. The Kier molecular flexibility index (Phi) is 5.62. The van der Waals surface area contributed by atoms with Gasteiger partial charge in [0.15, 0.2) is 9.84 Å². The predicted octanol–water partition coefficient (Wildman–Crippen LogP) is 1.60. The van der Waals surface area contributed by atoms with Crippen molar-refractivity contribution in [3.8, 4) is 0 Å². The molecule has 4 nitrogen and oxygen atoms in total. The zero-order valence-electron chi connectivity index (χ0n) is 12.0. The highest BCUT2D eigenvalue weighted by atomic mass is 32.2. The molecule has 0 saturated carbocycles. The van der Waals surface area contributed by atoms with Gasteiger partial charge in [-0.15, -0.1) is 0 Å². The van der Waals surface area contributed by atoms with Crippen LogP contribution in [-0.2, 0) is 14.6 Å². The Bertz CT molecular complexity index is 340. The van der Waals surface area contributed by atoms with Crippen LogP contribution in [0.2, 0.25) is 0 Å². The summed E-state index contributed by atoms with van der Waals surface area (Å²) >= 11 is 0. The van der Waals surface area contributed by atoms with E-state index in [0.29, 0.717) is 6.61 Å². The van der Waals surface area contributed by atoms with Crippen molar-refractivity contribution in [2.24, 2.45) is 5.41 Å². The SMILES string of the molecule is CCNC(CS(=O)(=O)CC1CCCO1)C(C)(C)C. The third-order valence-electron chi connectivity index (χ3n) is 3.38. The molecule has 0 aromatic rings. The van der Waals surface area contributed by atoms with Crippen LogP contribution < -0.4 is 5.32 Å². The predicted molar refractivity (Wildman–Crippen MR) is 74.5 cm³/mol. The van der Waals surface area contributed by atoms with E-state index in [4.69, 9.17) is 4.74 Å². The molecule has 1 N–H and O–H groups in total. The van der Waals surface area contributed by atoms with Crippen molar-refractivity contribution >= 4 is 9.84 Å². The van der Waals surface area contributed by atoms with E-state index in [-0.39, 0.29) is 29.1 Å². The van der Waals surface area contributed by atoms with Crippen LogP contribution in [0.4, 0.5) is 0 Å². The van der Waals surface area contributed by atoms with Gasteiger partial charge in [0.2, 0.25) is 0 Å². The maximum absolute atomic E-state index is 12.2. The standard InChI is InChI=1S/C13H27NO3S/c1-5-14-12(13(2,3)4)10-18(15,16)9-11-7-6-8-17-11/h11-12,14H,5-10H2,1-4H3. The maximum Gasteiger partial charge on any atom is 0.154 e. The van der Waals surface area contributed by atoms with E-state index in [1.54, 1.807) is 0 Å². The van der Waals surface area contributed by atoms with Gasteiger partial charge in [0.1, 0.15) is 0 Å². The quantitative estimate of drug-likeness (QED) is 0.801. The topological polar surface area (TPSA) is 55.4 Å². The summed E-state index contributed by atoms with van der Waals surface area (Å²) in [4.78, 5) is 0. The molecule has 1 heterocycles. The molecule has 1 aliphatic rings. The Balaban J connectivity index is 2.60. The van der Waals surface area contributed by atoms with Crippen molar-refractivity contribution in [1.29, 1.82) is 0 Å². The Morgan fingerprint density at radius 2 is 2.06 bits per heavy atom. The lowest BCUT2D eigenvalue weighted by Gasteiger charge is -2.31. The molecular weight excluding hydrogens is 250 g/mol. The van der Waals surface area contributed by atoms with Gasteiger partial charge in [0.25, 0.3) is 0 Å². The number of sulfone groups is 1. The maximum atomic E-state index is 12.2. The lowest BCUT2D eigenvalue weighted by atomic mass is 9.88. The molecule has 108 valence electrons. The number of hydrogen-bond donors (Lipinski definition) is 1. The van der Waals surface area contributed by atoms with Crippen molar-refractivity contribution in [1.82, 2.24) is 5.32 Å². The van der Waals surface area contributed by atoms with Crippen molar-refractivity contribution in [2.75, 3.05) is 24.7 Å². The van der Waals surface area contributed by atoms with E-state index < -0.39 is 9.84 Å². The van der Waals surface area contributed by atoms with Gasteiger partial charge < -0.3 is 10.1 Å². The summed E-state index contributed by atoms with van der Waals surface area (Å²) < 4.78 is 29.8. The molecule has 1 rings (SSSR count). The van der Waals surface area contributed by atoms with Crippen molar-refractivity contribution in [3.05, 3.63) is 0 Å². The normalized spacial score (nSPS) is 23.2. The van der Waals surface area contributed by atoms with Crippen LogP contribution in [0.25, 0.3) is 0 Å². The molecule has 1 saturated heterocycles. The minimum absolute atomic E-state index is 0.00565. The van der Waals surface area contributed by atoms with Crippen LogP contribution in [0, 0.1) is 5.41 Å². The van der Waals surface area contributed by atoms with Gasteiger partial charge in [0, 0.05) is 12.6 Å². The van der Waals surface area contributed by atoms with Gasteiger partial charge >= 0.3 is 0 Å². The summed E-state index contributed by atoms with van der Waals surface area (Å²) in [5.41, 5.74) is -0.0559. The minimum atomic E-state index is -3.06. The van der Waals surface area contributed by atoms with Crippen LogP contribution in [-0.4, -0.2) is 45.2 Å². The molecular formula is C13H27NO3S. The Labute approximate surface area is 111 Å². The lowest BCUT2D eigenvalue weighted by Crippen LogP contribution is -2.46. The molecule has 0 radical (unpaired) electrons. The average molecular weight is 277 g/mol. The van der Waals surface area contributed by atoms with Crippen LogP contribution in [0.5, 0.6) is 0 Å². The highest BCUT2D eigenvalue weighted by molar-refractivity contribution is 7.91. The van der Waals surface area contributed by atoms with Crippen LogP contribution in [0.1, 0.15) is 40.5 Å². The number of nitrogens with one attached hydrogen (secondary N) is 1. The fraction of sp³-hybridized carbons (Fsp3) is 1.00. The second-order valence-electron chi connectivity index (χ2n) is 6.19. The van der Waals surface area contributed by atoms with E-state index >= 15 is 0 Å². The number of rotatable bonds is 6. The van der Waals surface area contributed by atoms with Gasteiger partial charge in [-0.2, -0.15) is 0 Å². The first-order valence-corrected chi connectivity index (χ1v) is 8.62. The van der Waals surface area contributed by atoms with E-state index in [2.05, 4.69) is 26.1 Å². The molecule has 0 amide bonds. The average Bonchev–Trinajstić information content (AvgIpc) is 2.67. The molecule has 1 aliphatic heterocycles. The van der Waals surface area contributed by atoms with E-state index in [9.17, 15) is 8.42 Å². The lowest BCUT2D eigenvalue weighted by molar-refractivity contribution is 0.127. The minimum Gasteiger partial charge on any atom is -0.377 e. The van der Waals surface area contributed by atoms with Gasteiger partial charge in [-0.05, 0) is 24.8 Å². The molecule has 0 bridgehead atoms. The highest BCUT2D eigenvalue weighted by Crippen LogP contribution is 2.22. The van der Waals surface area contributed by atoms with E-state index in [1.807, 2.05) is 6.92 Å². The summed E-state index contributed by atoms with van der Waals surface area (Å²) in [7, 11) is -3.06. The fourth-order valence-electron chi connectivity index (χ4n) is 2.24. The second-order valence-corrected chi connectivity index (χ2v) is 8.34. The molecule has 0 aromatic carbocycles. The Morgan fingerprint density at radius 1 is 1.39 bits per heavy atom. The van der Waals surface area contributed by atoms with Crippen molar-refractivity contribution < 1.29 is 13.2 Å². The van der Waals surface area contributed by atoms with E-state index in [1.165, 1.54) is 0 Å². The zero-order valence-corrected chi connectivity index (χ0v) is 12.8. The van der Waals surface area contributed by atoms with Crippen LogP contribution in [0.15, 0.2) is 0 Å². The largest absolute Gasteiger partial charge is 0.377 e. The van der Waals surface area contributed by atoms with Crippen molar-refractivity contribution in [2.45, 2.75) is 52.7 Å². The molecule has 1 fully saturated rings. The van der Waals surface area contributed by atoms with Gasteiger partial charge in [-0.1, -0.05) is 27.7 Å². The summed E-state index contributed by atoms with van der Waals surface area (Å²) in [6, 6.07) is -0.00565. The third-order valence-corrected chi connectivity index (χ3v) is 5.10. The third kappa shape index (κ3) is 5.24. The van der Waals surface area contributed by atoms with E-state index in [0.717, 1.165) is 19.4 Å². The van der Waals surface area contributed by atoms with Crippen molar-refractivity contribution in [3.63, 3.8) is 0 Å². The molecule has 2 unspecified atom stereocenters. The summed E-state index contributed by atoms with van der Waals surface area (Å²) in [5.74, 6) is 0.370. The van der Waals surface area contributed by atoms with Gasteiger partial charge in [0.05, 0.1) is 17.6 Å². The van der Waals surface area contributed by atoms with Gasteiger partial charge in [-0.25, -0.2) is 8.42 Å². The van der Waals surface area contributed by atoms with Gasteiger partial charge in [-0.3, -0.25) is 0 Å². The summed E-state index contributed by atoms with van der Waals surface area (Å²) in [6.07, 6.45) is 1.77. The second kappa shape index (κ2) is 6.35. The van der Waals surface area contributed by atoms with Crippen LogP contribution in [0.3, 0.4) is 0 Å². The smallest absolute Gasteiger partial charge is 0.154 e. The number of ether oxygens (including phenoxy) is 1. The Morgan fingerprint density at radius 3 is 2.50 bits per heavy atom. The molecule has 2 atom stereocenters. The first-order valence-electron chi connectivity index (χ1n) is 6.80. The monoisotopic (exact) mass is 277 g/mol.